The maximum Gasteiger partial charge on any atom is 0.255 e. The van der Waals surface area contributed by atoms with Gasteiger partial charge in [0.15, 0.2) is 0 Å². The number of hydrogen-bond acceptors (Lipinski definition) is 7. The van der Waals surface area contributed by atoms with Crippen LogP contribution in [0.3, 0.4) is 0 Å². The Morgan fingerprint density at radius 3 is 2.55 bits per heavy atom. The Morgan fingerprint density at radius 1 is 1.15 bits per heavy atom. The van der Waals surface area contributed by atoms with Crippen molar-refractivity contribution in [3.63, 3.8) is 0 Å². The van der Waals surface area contributed by atoms with E-state index in [0.29, 0.717) is 39.4 Å². The van der Waals surface area contributed by atoms with E-state index >= 15 is 0 Å². The number of aliphatic hydroxyl groups is 1. The number of amides is 2. The van der Waals surface area contributed by atoms with Gasteiger partial charge in [0.1, 0.15) is 12.2 Å². The zero-order valence-corrected chi connectivity index (χ0v) is 22.1. The molecule has 3 aromatic heterocycles. The third-order valence-corrected chi connectivity index (χ3v) is 6.80. The summed E-state index contributed by atoms with van der Waals surface area (Å²) in [7, 11) is 0. The maximum absolute atomic E-state index is 14.3. The predicted octanol–water partition coefficient (Wildman–Crippen LogP) is 3.70. The lowest BCUT2D eigenvalue weighted by Crippen LogP contribution is -2.42. The standard InChI is InChI=1S/C29H28FN7O3/c1-29(2,40)26(30)17-33-27(38)22-16-32-24(25-9-8-21-12-18(14-31)15-34-37(21)25)13-23(22)35-20-6-4-19(5-7-20)28(39)36-10-3-11-36/h4-9,12-13,15-16,26,40H,3,10-11,17H2,1-2H3,(H,32,35)(H,33,38). The number of fused-ring (bicyclic) bond motifs is 1. The number of nitrogens with one attached hydrogen (secondary N) is 2. The number of aromatic nitrogens is 3. The fourth-order valence-electron chi connectivity index (χ4n) is 4.21. The summed E-state index contributed by atoms with van der Waals surface area (Å²) in [6, 6.07) is 16.0. The largest absolute Gasteiger partial charge is 0.387 e. The Hall–Kier alpha value is -4.82. The minimum Gasteiger partial charge on any atom is -0.387 e. The van der Waals surface area contributed by atoms with E-state index in [1.54, 1.807) is 45.8 Å². The number of benzene rings is 1. The Balaban J connectivity index is 1.46. The van der Waals surface area contributed by atoms with Gasteiger partial charge in [-0.05, 0) is 68.8 Å². The summed E-state index contributed by atoms with van der Waals surface area (Å²) >= 11 is 0. The van der Waals surface area contributed by atoms with Crippen molar-refractivity contribution in [1.29, 1.82) is 5.26 Å². The lowest BCUT2D eigenvalue weighted by molar-refractivity contribution is -0.00178. The number of rotatable bonds is 8. The van der Waals surface area contributed by atoms with Crippen LogP contribution in [0.5, 0.6) is 0 Å². The molecule has 0 spiro atoms. The highest BCUT2D eigenvalue weighted by atomic mass is 19.1. The summed E-state index contributed by atoms with van der Waals surface area (Å²) in [5.74, 6) is -0.598. The molecule has 40 heavy (non-hydrogen) atoms. The van der Waals surface area contributed by atoms with Gasteiger partial charge in [0.25, 0.3) is 11.8 Å². The highest BCUT2D eigenvalue weighted by Crippen LogP contribution is 2.28. The molecule has 4 heterocycles. The zero-order valence-electron chi connectivity index (χ0n) is 22.1. The first-order valence-electron chi connectivity index (χ1n) is 12.8. The summed E-state index contributed by atoms with van der Waals surface area (Å²) in [4.78, 5) is 31.9. The first-order chi connectivity index (χ1) is 19.1. The molecule has 1 aliphatic rings. The number of anilines is 2. The smallest absolute Gasteiger partial charge is 0.255 e. The highest BCUT2D eigenvalue weighted by Gasteiger charge is 2.27. The Morgan fingerprint density at radius 2 is 1.90 bits per heavy atom. The van der Waals surface area contributed by atoms with Crippen LogP contribution in [0.25, 0.3) is 16.9 Å². The molecule has 2 amide bonds. The molecule has 10 nitrogen and oxygen atoms in total. The monoisotopic (exact) mass is 541 g/mol. The number of halogens is 1. The third-order valence-electron chi connectivity index (χ3n) is 6.80. The van der Waals surface area contributed by atoms with Gasteiger partial charge in [0.05, 0.1) is 52.1 Å². The van der Waals surface area contributed by atoms with Gasteiger partial charge in [-0.1, -0.05) is 0 Å². The van der Waals surface area contributed by atoms with Crippen LogP contribution in [0.15, 0.2) is 60.9 Å². The number of nitriles is 1. The molecule has 0 aliphatic carbocycles. The van der Waals surface area contributed by atoms with E-state index in [4.69, 9.17) is 0 Å². The fourth-order valence-corrected chi connectivity index (χ4v) is 4.21. The lowest BCUT2D eigenvalue weighted by Gasteiger charge is -2.30. The Bertz CT molecular complexity index is 1620. The van der Waals surface area contributed by atoms with Crippen LogP contribution in [0, 0.1) is 11.3 Å². The molecular formula is C29H28FN7O3. The SMILES string of the molecule is CC(C)(O)C(F)CNC(=O)c1cnc(-c2ccc3cc(C#N)cnn23)cc1Nc1ccc(C(=O)N2CCC2)cc1. The molecule has 11 heteroatoms. The first-order valence-corrected chi connectivity index (χ1v) is 12.8. The number of pyridine rings is 1. The number of carbonyl (C=O) groups excluding carboxylic acids is 2. The van der Waals surface area contributed by atoms with Gasteiger partial charge in [-0.25, -0.2) is 8.91 Å². The van der Waals surface area contributed by atoms with Gasteiger partial charge in [0, 0.05) is 30.5 Å². The molecule has 0 saturated carbocycles. The molecule has 0 radical (unpaired) electrons. The van der Waals surface area contributed by atoms with Crippen LogP contribution in [-0.4, -0.2) is 67.8 Å². The van der Waals surface area contributed by atoms with Crippen molar-refractivity contribution < 1.29 is 19.1 Å². The number of nitrogens with zero attached hydrogens (tertiary/aromatic N) is 5. The second-order valence-electron chi connectivity index (χ2n) is 10.2. The van der Waals surface area contributed by atoms with Crippen molar-refractivity contribution in [2.24, 2.45) is 0 Å². The fraction of sp³-hybridized carbons (Fsp3) is 0.276. The molecule has 1 aromatic carbocycles. The van der Waals surface area contributed by atoms with Gasteiger partial charge in [-0.15, -0.1) is 0 Å². The summed E-state index contributed by atoms with van der Waals surface area (Å²) in [6.07, 6.45) is 2.17. The second-order valence-corrected chi connectivity index (χ2v) is 10.2. The van der Waals surface area contributed by atoms with E-state index in [1.165, 1.54) is 26.2 Å². The predicted molar refractivity (Wildman–Crippen MR) is 147 cm³/mol. The zero-order chi connectivity index (χ0) is 28.4. The van der Waals surface area contributed by atoms with Gasteiger partial charge < -0.3 is 20.6 Å². The van der Waals surface area contributed by atoms with Crippen LogP contribution in [-0.2, 0) is 0 Å². The van der Waals surface area contributed by atoms with E-state index in [-0.39, 0.29) is 18.0 Å². The summed E-state index contributed by atoms with van der Waals surface area (Å²) in [6.45, 7) is 3.79. The lowest BCUT2D eigenvalue weighted by atomic mass is 10.0. The maximum atomic E-state index is 14.3. The van der Waals surface area contributed by atoms with E-state index < -0.39 is 17.7 Å². The van der Waals surface area contributed by atoms with Crippen molar-refractivity contribution in [2.45, 2.75) is 32.0 Å². The van der Waals surface area contributed by atoms with Crippen LogP contribution >= 0.6 is 0 Å². The quantitative estimate of drug-likeness (QED) is 0.310. The number of carbonyl (C=O) groups is 2. The minimum atomic E-state index is -1.67. The Labute approximate surface area is 230 Å². The highest BCUT2D eigenvalue weighted by molar-refractivity contribution is 6.01. The molecule has 1 atom stereocenters. The molecule has 3 N–H and O–H groups in total. The molecule has 1 fully saturated rings. The summed E-state index contributed by atoms with van der Waals surface area (Å²) in [5.41, 5.74) is 2.41. The number of hydrogen-bond donors (Lipinski definition) is 3. The molecule has 1 unspecified atom stereocenters. The minimum absolute atomic E-state index is 0.0242. The van der Waals surface area contributed by atoms with Gasteiger partial charge in [-0.3, -0.25) is 14.6 Å². The van der Waals surface area contributed by atoms with Gasteiger partial charge in [0.2, 0.25) is 0 Å². The van der Waals surface area contributed by atoms with Crippen molar-refractivity contribution in [1.82, 2.24) is 24.8 Å². The van der Waals surface area contributed by atoms with Crippen molar-refractivity contribution in [3.05, 3.63) is 77.6 Å². The van der Waals surface area contributed by atoms with Crippen LogP contribution in [0.1, 0.15) is 46.5 Å². The average Bonchev–Trinajstić information content (AvgIpc) is 3.33. The second kappa shape index (κ2) is 10.7. The molecule has 1 aliphatic heterocycles. The van der Waals surface area contributed by atoms with Gasteiger partial charge in [-0.2, -0.15) is 10.4 Å². The van der Waals surface area contributed by atoms with Crippen molar-refractivity contribution in [2.75, 3.05) is 25.0 Å². The van der Waals surface area contributed by atoms with Crippen LogP contribution in [0.4, 0.5) is 15.8 Å². The molecule has 4 aromatic rings. The van der Waals surface area contributed by atoms with Crippen molar-refractivity contribution >= 4 is 28.7 Å². The number of alkyl halides is 1. The van der Waals surface area contributed by atoms with Crippen LogP contribution < -0.4 is 10.6 Å². The Kier molecular flexibility index (Phi) is 7.19. The normalized spacial score (nSPS) is 13.8. The van der Waals surface area contributed by atoms with Gasteiger partial charge >= 0.3 is 0 Å². The van der Waals surface area contributed by atoms with E-state index in [0.717, 1.165) is 19.5 Å². The average molecular weight is 542 g/mol. The van der Waals surface area contributed by atoms with Crippen LogP contribution in [0.2, 0.25) is 0 Å². The number of likely N-dealkylation sites (tertiary alicyclic amines) is 1. The van der Waals surface area contributed by atoms with E-state index in [1.807, 2.05) is 12.1 Å². The molecule has 204 valence electrons. The molecule has 1 saturated heterocycles. The first kappa shape index (κ1) is 26.8. The van der Waals surface area contributed by atoms with Crippen molar-refractivity contribution in [3.8, 4) is 17.5 Å². The summed E-state index contributed by atoms with van der Waals surface area (Å²) < 4.78 is 16.0. The summed E-state index contributed by atoms with van der Waals surface area (Å²) in [5, 5.41) is 29.2. The third kappa shape index (κ3) is 5.48. The molecule has 5 rings (SSSR count). The topological polar surface area (TPSA) is 136 Å². The molecule has 0 bridgehead atoms. The van der Waals surface area contributed by atoms with E-state index in [2.05, 4.69) is 26.8 Å². The molecular weight excluding hydrogens is 513 g/mol. The van der Waals surface area contributed by atoms with E-state index in [9.17, 15) is 24.3 Å².